The average Bonchev–Trinajstić information content (AvgIpc) is 2.97. The molecule has 4 nitrogen and oxygen atoms in total. The van der Waals surface area contributed by atoms with Gasteiger partial charge in [0.2, 0.25) is 0 Å². The highest BCUT2D eigenvalue weighted by Gasteiger charge is 2.21. The molecular weight excluding hydrogens is 605 g/mol. The summed E-state index contributed by atoms with van der Waals surface area (Å²) in [6.07, 6.45) is 5.16. The minimum atomic E-state index is 0.0225. The van der Waals surface area contributed by atoms with E-state index in [2.05, 4.69) is 112 Å². The maximum Gasteiger partial charge on any atom is 0.149 e. The summed E-state index contributed by atoms with van der Waals surface area (Å²) in [5.74, 6) is 0. The first kappa shape index (κ1) is 15.6. The van der Waals surface area contributed by atoms with Crippen LogP contribution in [0.4, 0.5) is 0 Å². The number of halogens is 3. The topological polar surface area (TPSA) is 54.5 Å². The van der Waals surface area contributed by atoms with Gasteiger partial charge in [0.1, 0.15) is 11.5 Å². The first-order valence-electron chi connectivity index (χ1n) is 6.03. The lowest BCUT2D eigenvalue weighted by atomic mass is 10.0. The molecule has 106 valence electrons. The monoisotopic (exact) mass is 614 g/mol. The highest BCUT2D eigenvalue weighted by atomic mass is 127. The summed E-state index contributed by atoms with van der Waals surface area (Å²) >= 11 is 7.27. The standard InChI is InChI=1S/C14H9I3N4/c15-14(16,17)10-3-1-2-9(6-10)13-11(7-20-21-13)12-4-5-18-8-19-12/h1-8H,(H,20,21). The van der Waals surface area contributed by atoms with Crippen LogP contribution in [-0.4, -0.2) is 20.2 Å². The van der Waals surface area contributed by atoms with Crippen LogP contribution in [0.5, 0.6) is 0 Å². The molecule has 0 aliphatic rings. The number of rotatable bonds is 3. The van der Waals surface area contributed by atoms with Crippen LogP contribution in [-0.2, 0) is -0.565 Å². The maximum absolute atomic E-state index is 4.39. The first-order chi connectivity index (χ1) is 10.1. The smallest absolute Gasteiger partial charge is 0.149 e. The van der Waals surface area contributed by atoms with Crippen molar-refractivity contribution < 1.29 is 0 Å². The van der Waals surface area contributed by atoms with E-state index in [-0.39, 0.29) is -0.565 Å². The molecular formula is C14H9I3N4. The average molecular weight is 614 g/mol. The predicted molar refractivity (Wildman–Crippen MR) is 109 cm³/mol. The summed E-state index contributed by atoms with van der Waals surface area (Å²) in [7, 11) is 0. The van der Waals surface area contributed by atoms with Gasteiger partial charge in [-0.1, -0.05) is 18.2 Å². The number of hydrogen-bond donors (Lipinski definition) is 1. The van der Waals surface area contributed by atoms with Crippen molar-refractivity contribution in [3.63, 3.8) is 0 Å². The molecule has 1 N–H and O–H groups in total. The molecule has 0 aliphatic carbocycles. The van der Waals surface area contributed by atoms with Gasteiger partial charge in [0.25, 0.3) is 0 Å². The Bertz CT molecular complexity index is 750. The zero-order valence-corrected chi connectivity index (χ0v) is 17.1. The van der Waals surface area contributed by atoms with Crippen molar-refractivity contribution in [3.8, 4) is 22.5 Å². The van der Waals surface area contributed by atoms with Gasteiger partial charge in [-0.15, -0.1) is 0 Å². The number of aromatic amines is 1. The zero-order valence-electron chi connectivity index (χ0n) is 10.6. The van der Waals surface area contributed by atoms with E-state index in [1.54, 1.807) is 12.5 Å². The molecule has 2 aromatic heterocycles. The molecule has 0 atom stereocenters. The Hall–Kier alpha value is -0.300. The molecule has 0 saturated carbocycles. The van der Waals surface area contributed by atoms with E-state index >= 15 is 0 Å². The molecule has 0 saturated heterocycles. The fraction of sp³-hybridized carbons (Fsp3) is 0.0714. The van der Waals surface area contributed by atoms with Gasteiger partial charge in [-0.25, -0.2) is 9.97 Å². The molecule has 7 heteroatoms. The second-order valence-electron chi connectivity index (χ2n) is 4.32. The number of benzene rings is 1. The van der Waals surface area contributed by atoms with Crippen LogP contribution in [0.2, 0.25) is 0 Å². The number of aromatic nitrogens is 4. The van der Waals surface area contributed by atoms with Gasteiger partial charge in [0, 0.05) is 23.5 Å². The first-order valence-corrected chi connectivity index (χ1v) is 9.27. The molecule has 2 heterocycles. The second-order valence-corrected chi connectivity index (χ2v) is 15.4. The fourth-order valence-electron chi connectivity index (χ4n) is 2.00. The van der Waals surface area contributed by atoms with Crippen LogP contribution >= 0.6 is 67.8 Å². The van der Waals surface area contributed by atoms with Crippen molar-refractivity contribution in [1.29, 1.82) is 0 Å². The Kier molecular flexibility index (Phi) is 4.78. The Labute approximate surface area is 163 Å². The van der Waals surface area contributed by atoms with E-state index in [1.807, 2.05) is 12.3 Å². The number of alkyl halides is 3. The van der Waals surface area contributed by atoms with Gasteiger partial charge >= 0.3 is 0 Å². The lowest BCUT2D eigenvalue weighted by molar-refractivity contribution is 1.09. The fourth-order valence-corrected chi connectivity index (χ4v) is 3.00. The zero-order chi connectivity index (χ0) is 14.9. The third-order valence-electron chi connectivity index (χ3n) is 2.96. The van der Waals surface area contributed by atoms with E-state index in [1.165, 1.54) is 5.56 Å². The van der Waals surface area contributed by atoms with Crippen LogP contribution in [0.1, 0.15) is 5.56 Å². The molecule has 0 radical (unpaired) electrons. The van der Waals surface area contributed by atoms with Crippen LogP contribution in [0.15, 0.2) is 49.1 Å². The van der Waals surface area contributed by atoms with E-state index in [0.29, 0.717) is 0 Å². The van der Waals surface area contributed by atoms with E-state index in [0.717, 1.165) is 22.5 Å². The Morgan fingerprint density at radius 2 is 1.95 bits per heavy atom. The van der Waals surface area contributed by atoms with Gasteiger partial charge in [0.05, 0.1) is 5.69 Å². The van der Waals surface area contributed by atoms with Gasteiger partial charge in [-0.3, -0.25) is 5.10 Å². The molecule has 21 heavy (non-hydrogen) atoms. The summed E-state index contributed by atoms with van der Waals surface area (Å²) in [5.41, 5.74) is 5.08. The molecule has 0 unspecified atom stereocenters. The molecule has 1 aromatic carbocycles. The van der Waals surface area contributed by atoms with Crippen molar-refractivity contribution in [2.45, 2.75) is -0.565 Å². The Morgan fingerprint density at radius 3 is 2.67 bits per heavy atom. The van der Waals surface area contributed by atoms with E-state index in [4.69, 9.17) is 0 Å². The van der Waals surface area contributed by atoms with Crippen molar-refractivity contribution in [3.05, 3.63) is 54.6 Å². The van der Waals surface area contributed by atoms with E-state index in [9.17, 15) is 0 Å². The number of nitrogens with zero attached hydrogens (tertiary/aromatic N) is 3. The van der Waals surface area contributed by atoms with Gasteiger partial charge in [-0.2, -0.15) is 5.10 Å². The second kappa shape index (κ2) is 6.44. The summed E-state index contributed by atoms with van der Waals surface area (Å²) in [5, 5.41) is 7.33. The molecule has 3 aromatic rings. The van der Waals surface area contributed by atoms with Crippen LogP contribution in [0, 0.1) is 0 Å². The molecule has 0 spiro atoms. The van der Waals surface area contributed by atoms with Gasteiger partial charge in [-0.05, 0) is 85.5 Å². The van der Waals surface area contributed by atoms with Crippen LogP contribution in [0.25, 0.3) is 22.5 Å². The summed E-state index contributed by atoms with van der Waals surface area (Å²) in [6.45, 7) is 0. The van der Waals surface area contributed by atoms with Crippen molar-refractivity contribution in [2.75, 3.05) is 0 Å². The van der Waals surface area contributed by atoms with Crippen molar-refractivity contribution in [2.24, 2.45) is 0 Å². The number of hydrogen-bond acceptors (Lipinski definition) is 3. The molecule has 0 bridgehead atoms. The quantitative estimate of drug-likeness (QED) is 0.336. The van der Waals surface area contributed by atoms with Crippen molar-refractivity contribution >= 4 is 67.8 Å². The van der Waals surface area contributed by atoms with Gasteiger partial charge in [0.15, 0.2) is 0 Å². The Balaban J connectivity index is 2.09. The molecule has 0 amide bonds. The number of nitrogens with one attached hydrogen (secondary N) is 1. The van der Waals surface area contributed by atoms with Crippen LogP contribution in [0.3, 0.4) is 0 Å². The summed E-state index contributed by atoms with van der Waals surface area (Å²) < 4.78 is 0.0225. The third-order valence-corrected chi connectivity index (χ3v) is 4.83. The normalized spacial score (nSPS) is 11.6. The predicted octanol–water partition coefficient (Wildman–Crippen LogP) is 4.95. The van der Waals surface area contributed by atoms with E-state index < -0.39 is 0 Å². The molecule has 3 rings (SSSR count). The lowest BCUT2D eigenvalue weighted by Gasteiger charge is -2.13. The molecule has 0 fully saturated rings. The summed E-state index contributed by atoms with van der Waals surface area (Å²) in [6, 6.07) is 10.3. The lowest BCUT2D eigenvalue weighted by Crippen LogP contribution is -1.97. The van der Waals surface area contributed by atoms with Crippen molar-refractivity contribution in [1.82, 2.24) is 20.2 Å². The maximum atomic E-state index is 4.39. The largest absolute Gasteiger partial charge is 0.284 e. The molecule has 0 aliphatic heterocycles. The summed E-state index contributed by atoms with van der Waals surface area (Å²) in [4.78, 5) is 8.26. The SMILES string of the molecule is IC(I)(I)c1cccc(-c2n[nH]cc2-c2ccncn2)c1. The van der Waals surface area contributed by atoms with Crippen LogP contribution < -0.4 is 0 Å². The highest BCUT2D eigenvalue weighted by molar-refractivity contribution is 14.3. The Morgan fingerprint density at radius 1 is 1.10 bits per heavy atom. The van der Waals surface area contributed by atoms with Gasteiger partial charge < -0.3 is 0 Å². The number of H-pyrrole nitrogens is 1. The minimum absolute atomic E-state index is 0.0225. The third kappa shape index (κ3) is 3.55. The highest BCUT2D eigenvalue weighted by Crippen LogP contribution is 2.46. The minimum Gasteiger partial charge on any atom is -0.284 e.